The molecule has 3 rings (SSSR count). The molecule has 1 aliphatic heterocycles. The number of amides is 1. The third-order valence-electron chi connectivity index (χ3n) is 5.21. The maximum absolute atomic E-state index is 13.6. The van der Waals surface area contributed by atoms with Crippen LogP contribution in [0.1, 0.15) is 45.0 Å². The van der Waals surface area contributed by atoms with Gasteiger partial charge in [0, 0.05) is 30.1 Å². The van der Waals surface area contributed by atoms with Crippen molar-refractivity contribution in [2.24, 2.45) is 0 Å². The van der Waals surface area contributed by atoms with Crippen molar-refractivity contribution < 1.29 is 35.9 Å². The zero-order valence-corrected chi connectivity index (χ0v) is 19.2. The summed E-state index contributed by atoms with van der Waals surface area (Å²) in [6.45, 7) is 3.75. The summed E-state index contributed by atoms with van der Waals surface area (Å²) in [5.41, 5.74) is 0.0454. The van der Waals surface area contributed by atoms with Gasteiger partial charge in [-0.05, 0) is 24.1 Å². The number of ether oxygens (including phenoxy) is 1. The van der Waals surface area contributed by atoms with E-state index in [-0.39, 0.29) is 47.9 Å². The first kappa shape index (κ1) is 24.2. The van der Waals surface area contributed by atoms with Gasteiger partial charge >= 0.3 is 5.97 Å². The Morgan fingerprint density at radius 1 is 1.16 bits per heavy atom. The average molecular weight is 491 g/mol. The van der Waals surface area contributed by atoms with Gasteiger partial charge in [0.1, 0.15) is 4.21 Å². The van der Waals surface area contributed by atoms with E-state index >= 15 is 0 Å². The minimum atomic E-state index is -3.98. The second-order valence-corrected chi connectivity index (χ2v) is 10.2. The SMILES string of the molecule is CCN(CC)S(=O)(=O)c1sc2c(c1C(=O)OC)CCN(C(=O)c1cc(F)c(F)c(F)c1)C2. The van der Waals surface area contributed by atoms with Crippen LogP contribution in [0, 0.1) is 17.5 Å². The molecule has 0 aliphatic carbocycles. The number of hydrogen-bond acceptors (Lipinski definition) is 6. The summed E-state index contributed by atoms with van der Waals surface area (Å²) < 4.78 is 72.5. The topological polar surface area (TPSA) is 84.0 Å². The third-order valence-corrected chi connectivity index (χ3v) is 8.97. The molecule has 0 spiro atoms. The molecule has 0 fully saturated rings. The standard InChI is InChI=1S/C20H21F3N2O5S2/c1-4-25(5-2)32(28,29)20-16(19(27)30-3)12-6-7-24(10-15(12)31-20)18(26)11-8-13(21)17(23)14(22)9-11/h8-9H,4-7,10H2,1-3H3. The number of benzene rings is 1. The van der Waals surface area contributed by atoms with E-state index in [1.807, 2.05) is 0 Å². The zero-order valence-electron chi connectivity index (χ0n) is 17.6. The van der Waals surface area contributed by atoms with Gasteiger partial charge < -0.3 is 9.64 Å². The van der Waals surface area contributed by atoms with E-state index in [2.05, 4.69) is 0 Å². The summed E-state index contributed by atoms with van der Waals surface area (Å²) in [7, 11) is -2.83. The Bertz CT molecular complexity index is 1150. The number of esters is 1. The van der Waals surface area contributed by atoms with Gasteiger partial charge in [-0.3, -0.25) is 4.79 Å². The molecular weight excluding hydrogens is 469 g/mol. The Morgan fingerprint density at radius 3 is 2.28 bits per heavy atom. The summed E-state index contributed by atoms with van der Waals surface area (Å²) in [6.07, 6.45) is 0.141. The lowest BCUT2D eigenvalue weighted by Crippen LogP contribution is -2.36. The predicted molar refractivity (Wildman–Crippen MR) is 111 cm³/mol. The first-order valence-electron chi connectivity index (χ1n) is 9.73. The highest BCUT2D eigenvalue weighted by molar-refractivity contribution is 7.91. The van der Waals surface area contributed by atoms with Crippen molar-refractivity contribution in [2.45, 2.75) is 31.0 Å². The van der Waals surface area contributed by atoms with Crippen molar-refractivity contribution in [1.82, 2.24) is 9.21 Å². The number of halogens is 3. The number of thiophene rings is 1. The minimum Gasteiger partial charge on any atom is -0.465 e. The van der Waals surface area contributed by atoms with Crippen LogP contribution in [0.25, 0.3) is 0 Å². The summed E-state index contributed by atoms with van der Waals surface area (Å²) >= 11 is 0.864. The van der Waals surface area contributed by atoms with E-state index in [0.29, 0.717) is 22.6 Å². The van der Waals surface area contributed by atoms with Crippen LogP contribution in [-0.4, -0.2) is 56.2 Å². The number of hydrogen-bond donors (Lipinski definition) is 0. The molecule has 0 saturated heterocycles. The van der Waals surface area contributed by atoms with Gasteiger partial charge in [-0.25, -0.2) is 26.4 Å². The Hall–Kier alpha value is -2.44. The summed E-state index contributed by atoms with van der Waals surface area (Å²) in [6, 6.07) is 1.22. The van der Waals surface area contributed by atoms with Crippen molar-refractivity contribution >= 4 is 33.2 Å². The predicted octanol–water partition coefficient (Wildman–Crippen LogP) is 3.18. The molecule has 0 N–H and O–H groups in total. The Kier molecular flexibility index (Phi) is 6.96. The maximum Gasteiger partial charge on any atom is 0.340 e. The van der Waals surface area contributed by atoms with Crippen LogP contribution >= 0.6 is 11.3 Å². The van der Waals surface area contributed by atoms with Crippen LogP contribution in [0.4, 0.5) is 13.2 Å². The largest absolute Gasteiger partial charge is 0.465 e. The molecule has 174 valence electrons. The minimum absolute atomic E-state index is 0.0506. The van der Waals surface area contributed by atoms with Gasteiger partial charge in [-0.1, -0.05) is 13.8 Å². The molecule has 1 aliphatic rings. The normalized spacial score (nSPS) is 13.9. The van der Waals surface area contributed by atoms with Crippen LogP contribution in [0.15, 0.2) is 16.3 Å². The lowest BCUT2D eigenvalue weighted by molar-refractivity contribution is 0.0595. The first-order valence-corrected chi connectivity index (χ1v) is 12.0. The van der Waals surface area contributed by atoms with E-state index < -0.39 is 39.4 Å². The Balaban J connectivity index is 2.02. The fourth-order valence-electron chi connectivity index (χ4n) is 3.58. The van der Waals surface area contributed by atoms with Crippen LogP contribution < -0.4 is 0 Å². The fraction of sp³-hybridized carbons (Fsp3) is 0.400. The van der Waals surface area contributed by atoms with Gasteiger partial charge in [0.05, 0.1) is 19.2 Å². The summed E-state index contributed by atoms with van der Waals surface area (Å²) in [5, 5.41) is 0. The third kappa shape index (κ3) is 4.14. The van der Waals surface area contributed by atoms with E-state index in [1.54, 1.807) is 13.8 Å². The molecule has 2 aromatic rings. The molecule has 2 heterocycles. The molecule has 0 saturated carbocycles. The molecule has 1 aromatic heterocycles. The van der Waals surface area contributed by atoms with Gasteiger partial charge in [0.25, 0.3) is 15.9 Å². The summed E-state index contributed by atoms with van der Waals surface area (Å²) in [5.74, 6) is -6.18. The smallest absolute Gasteiger partial charge is 0.340 e. The monoisotopic (exact) mass is 490 g/mol. The second-order valence-electron chi connectivity index (χ2n) is 6.98. The van der Waals surface area contributed by atoms with Crippen molar-refractivity contribution in [3.63, 3.8) is 0 Å². The number of methoxy groups -OCH3 is 1. The number of fused-ring (bicyclic) bond motifs is 1. The first-order chi connectivity index (χ1) is 15.1. The van der Waals surface area contributed by atoms with Crippen molar-refractivity contribution in [2.75, 3.05) is 26.7 Å². The van der Waals surface area contributed by atoms with E-state index in [1.165, 1.54) is 9.21 Å². The molecule has 0 bridgehead atoms. The van der Waals surface area contributed by atoms with E-state index in [4.69, 9.17) is 4.74 Å². The van der Waals surface area contributed by atoms with Gasteiger partial charge in [0.2, 0.25) is 0 Å². The number of carbonyl (C=O) groups is 2. The molecule has 1 amide bonds. The number of carbonyl (C=O) groups excluding carboxylic acids is 2. The molecule has 1 aromatic carbocycles. The second kappa shape index (κ2) is 9.20. The summed E-state index contributed by atoms with van der Waals surface area (Å²) in [4.78, 5) is 26.9. The Labute approximate surface area is 187 Å². The highest BCUT2D eigenvalue weighted by atomic mass is 32.2. The van der Waals surface area contributed by atoms with Crippen molar-refractivity contribution in [3.05, 3.63) is 51.2 Å². The van der Waals surface area contributed by atoms with Crippen LogP contribution in [0.2, 0.25) is 0 Å². The molecule has 0 unspecified atom stereocenters. The Morgan fingerprint density at radius 2 is 1.75 bits per heavy atom. The van der Waals surface area contributed by atoms with Crippen LogP contribution in [0.5, 0.6) is 0 Å². The van der Waals surface area contributed by atoms with E-state index in [0.717, 1.165) is 18.4 Å². The molecule has 32 heavy (non-hydrogen) atoms. The van der Waals surface area contributed by atoms with Gasteiger partial charge in [-0.2, -0.15) is 4.31 Å². The lowest BCUT2D eigenvalue weighted by atomic mass is 10.0. The number of nitrogens with zero attached hydrogens (tertiary/aromatic N) is 2. The highest BCUT2D eigenvalue weighted by Crippen LogP contribution is 2.38. The van der Waals surface area contributed by atoms with Crippen LogP contribution in [0.3, 0.4) is 0 Å². The average Bonchev–Trinajstić information content (AvgIpc) is 3.16. The quantitative estimate of drug-likeness (QED) is 0.459. The maximum atomic E-state index is 13.6. The van der Waals surface area contributed by atoms with Crippen LogP contribution in [-0.2, 0) is 27.7 Å². The number of sulfonamides is 1. The molecule has 0 atom stereocenters. The zero-order chi connectivity index (χ0) is 23.8. The van der Waals surface area contributed by atoms with Crippen molar-refractivity contribution in [3.8, 4) is 0 Å². The van der Waals surface area contributed by atoms with E-state index in [9.17, 15) is 31.2 Å². The molecule has 7 nitrogen and oxygen atoms in total. The highest BCUT2D eigenvalue weighted by Gasteiger charge is 2.37. The van der Waals surface area contributed by atoms with Gasteiger partial charge in [0.15, 0.2) is 17.5 Å². The number of rotatable bonds is 6. The lowest BCUT2D eigenvalue weighted by Gasteiger charge is -2.27. The molecular formula is C20H21F3N2O5S2. The van der Waals surface area contributed by atoms with Crippen molar-refractivity contribution in [1.29, 1.82) is 0 Å². The molecule has 0 radical (unpaired) electrons. The van der Waals surface area contributed by atoms with Gasteiger partial charge in [-0.15, -0.1) is 11.3 Å². The molecule has 12 heteroatoms. The fourth-order valence-corrected chi connectivity index (χ4v) is 7.08.